The average Bonchev–Trinajstić information content (AvgIpc) is 2.80. The predicted octanol–water partition coefficient (Wildman–Crippen LogP) is 5.86. The molecule has 1 aliphatic heterocycles. The molecule has 1 unspecified atom stereocenters. The van der Waals surface area contributed by atoms with Crippen LogP contribution in [0.15, 0.2) is 18.2 Å². The Bertz CT molecular complexity index is 1010. The molecule has 1 saturated heterocycles. The van der Waals surface area contributed by atoms with E-state index in [-0.39, 0.29) is 42.1 Å². The molecule has 0 bridgehead atoms. The minimum atomic E-state index is -4.60. The zero-order valence-electron chi connectivity index (χ0n) is 21.6. The molecule has 0 radical (unpaired) electrons. The molecule has 1 fully saturated rings. The number of aliphatic hydroxyl groups is 1. The lowest BCUT2D eigenvalue weighted by molar-refractivity contribution is -0.137. The molecule has 11 heteroatoms. The third-order valence-corrected chi connectivity index (χ3v) is 6.41. The maximum Gasteiger partial charge on any atom is 0.416 e. The zero-order chi connectivity index (χ0) is 27.9. The van der Waals surface area contributed by atoms with Crippen LogP contribution in [0.2, 0.25) is 5.02 Å². The number of carbonyl (C=O) groups is 2. The van der Waals surface area contributed by atoms with E-state index in [0.717, 1.165) is 12.1 Å². The molecule has 206 valence electrons. The summed E-state index contributed by atoms with van der Waals surface area (Å²) in [5.74, 6) is 5.32. The molecule has 1 aromatic carbocycles. The van der Waals surface area contributed by atoms with Crippen LogP contribution in [-0.4, -0.2) is 64.5 Å². The van der Waals surface area contributed by atoms with Crippen molar-refractivity contribution in [3.8, 4) is 11.8 Å². The molecule has 7 nitrogen and oxygen atoms in total. The highest BCUT2D eigenvalue weighted by molar-refractivity contribution is 6.30. The number of aliphatic hydroxyl groups excluding tert-OH is 1. The summed E-state index contributed by atoms with van der Waals surface area (Å²) < 4.78 is 50.5. The first-order chi connectivity index (χ1) is 17.3. The second-order valence-electron chi connectivity index (χ2n) is 9.27. The Hall–Kier alpha value is -2.64. The highest BCUT2D eigenvalue weighted by Crippen LogP contribution is 2.35. The molecule has 1 N–H and O–H groups in total. The summed E-state index contributed by atoms with van der Waals surface area (Å²) in [7, 11) is 1.19. The third-order valence-electron chi connectivity index (χ3n) is 6.19. The monoisotopic (exact) mass is 546 g/mol. The number of alkyl halides is 3. The number of hydrogen-bond acceptors (Lipinski definition) is 5. The number of hydrogen-bond donors (Lipinski definition) is 1. The van der Waals surface area contributed by atoms with Gasteiger partial charge in [0.1, 0.15) is 6.10 Å². The summed E-state index contributed by atoms with van der Waals surface area (Å²) in [5, 5.41) is 10.3. The first kappa shape index (κ1) is 30.6. The SMILES string of the molecule is CC#CC(O)C[C@H]1C[C@@H](N(Cc2cc(Cl)cc(C(F)(F)F)c2)C(=O)OC)C[C@@H](CC)N1C(=O)OC(C)C. The Labute approximate surface area is 220 Å². The molecule has 0 aromatic heterocycles. The summed E-state index contributed by atoms with van der Waals surface area (Å²) in [6.45, 7) is 6.76. The van der Waals surface area contributed by atoms with Crippen LogP contribution in [0.4, 0.5) is 22.8 Å². The van der Waals surface area contributed by atoms with Gasteiger partial charge in [-0.05, 0) is 63.8 Å². The lowest BCUT2D eigenvalue weighted by Crippen LogP contribution is -2.58. The van der Waals surface area contributed by atoms with Gasteiger partial charge < -0.3 is 24.4 Å². The average molecular weight is 547 g/mol. The fourth-order valence-electron chi connectivity index (χ4n) is 4.68. The number of amides is 2. The third kappa shape index (κ3) is 8.44. The number of likely N-dealkylation sites (tertiary alicyclic amines) is 1. The van der Waals surface area contributed by atoms with Crippen molar-refractivity contribution in [3.05, 3.63) is 34.3 Å². The summed E-state index contributed by atoms with van der Waals surface area (Å²) >= 11 is 5.96. The van der Waals surface area contributed by atoms with Crippen LogP contribution in [0.25, 0.3) is 0 Å². The number of halogens is 4. The van der Waals surface area contributed by atoms with Crippen molar-refractivity contribution >= 4 is 23.8 Å². The summed E-state index contributed by atoms with van der Waals surface area (Å²) in [6, 6.07) is 1.76. The molecular formula is C26H34ClF3N2O5. The van der Waals surface area contributed by atoms with E-state index in [2.05, 4.69) is 11.8 Å². The smallest absolute Gasteiger partial charge is 0.416 e. The maximum atomic E-state index is 13.4. The van der Waals surface area contributed by atoms with E-state index in [4.69, 9.17) is 21.1 Å². The Balaban J connectivity index is 2.45. The van der Waals surface area contributed by atoms with Crippen molar-refractivity contribution in [1.29, 1.82) is 0 Å². The van der Waals surface area contributed by atoms with Gasteiger partial charge in [-0.15, -0.1) is 5.92 Å². The number of ether oxygens (including phenoxy) is 2. The molecule has 0 saturated carbocycles. The van der Waals surface area contributed by atoms with Gasteiger partial charge in [0.15, 0.2) is 0 Å². The fourth-order valence-corrected chi connectivity index (χ4v) is 4.94. The van der Waals surface area contributed by atoms with Crippen molar-refractivity contribution < 1.29 is 37.3 Å². The standard InChI is InChI=1S/C26H34ClF3N2O5/c1-6-8-23(33)14-22-13-21(12-20(7-2)32(22)25(35)37-16(3)4)31(24(34)36-5)15-17-9-18(26(28,29)30)11-19(27)10-17/h9-11,16,20-23,33H,7,12-15H2,1-5H3/t20-,21+,22-,23?/m1/s1. The molecule has 0 aliphatic carbocycles. The highest BCUT2D eigenvalue weighted by Gasteiger charge is 2.43. The topological polar surface area (TPSA) is 79.3 Å². The summed E-state index contributed by atoms with van der Waals surface area (Å²) in [4.78, 5) is 28.8. The Morgan fingerprint density at radius 3 is 2.43 bits per heavy atom. The molecule has 37 heavy (non-hydrogen) atoms. The van der Waals surface area contributed by atoms with Crippen LogP contribution in [0.5, 0.6) is 0 Å². The van der Waals surface area contributed by atoms with E-state index in [0.29, 0.717) is 12.8 Å². The van der Waals surface area contributed by atoms with Gasteiger partial charge in [-0.1, -0.05) is 24.4 Å². The Morgan fingerprint density at radius 2 is 1.89 bits per heavy atom. The van der Waals surface area contributed by atoms with Crippen molar-refractivity contribution in [2.24, 2.45) is 0 Å². The van der Waals surface area contributed by atoms with Gasteiger partial charge in [0.25, 0.3) is 0 Å². The van der Waals surface area contributed by atoms with Crippen molar-refractivity contribution in [1.82, 2.24) is 9.80 Å². The molecule has 2 amide bonds. The van der Waals surface area contributed by atoms with Crippen LogP contribution in [0.3, 0.4) is 0 Å². The van der Waals surface area contributed by atoms with E-state index in [9.17, 15) is 27.9 Å². The van der Waals surface area contributed by atoms with Crippen LogP contribution >= 0.6 is 11.6 Å². The first-order valence-corrected chi connectivity index (χ1v) is 12.5. The lowest BCUT2D eigenvalue weighted by Gasteiger charge is -2.47. The van der Waals surface area contributed by atoms with Gasteiger partial charge in [0, 0.05) is 36.1 Å². The Kier molecular flexibility index (Phi) is 10.9. The van der Waals surface area contributed by atoms with Gasteiger partial charge in [0.05, 0.1) is 18.8 Å². The number of methoxy groups -OCH3 is 1. The molecule has 1 heterocycles. The van der Waals surface area contributed by atoms with Gasteiger partial charge >= 0.3 is 18.4 Å². The Morgan fingerprint density at radius 1 is 1.24 bits per heavy atom. The van der Waals surface area contributed by atoms with Crippen LogP contribution in [0.1, 0.15) is 64.5 Å². The molecule has 2 rings (SSSR count). The van der Waals surface area contributed by atoms with Gasteiger partial charge in [-0.25, -0.2) is 9.59 Å². The second-order valence-corrected chi connectivity index (χ2v) is 9.71. The number of benzene rings is 1. The lowest BCUT2D eigenvalue weighted by atomic mass is 9.86. The molecule has 1 aromatic rings. The quantitative estimate of drug-likeness (QED) is 0.433. The van der Waals surface area contributed by atoms with E-state index in [1.807, 2.05) is 6.92 Å². The van der Waals surface area contributed by atoms with E-state index in [1.165, 1.54) is 18.1 Å². The summed E-state index contributed by atoms with van der Waals surface area (Å²) in [5.41, 5.74) is -0.731. The molecule has 1 aliphatic rings. The normalized spacial score (nSPS) is 20.6. The first-order valence-electron chi connectivity index (χ1n) is 12.1. The molecular weight excluding hydrogens is 513 g/mol. The molecule has 4 atom stereocenters. The molecule has 0 spiro atoms. The second kappa shape index (κ2) is 13.2. The van der Waals surface area contributed by atoms with Gasteiger partial charge in [0.2, 0.25) is 0 Å². The summed E-state index contributed by atoms with van der Waals surface area (Å²) in [6.07, 6.45) is -6.00. The van der Waals surface area contributed by atoms with Crippen LogP contribution in [-0.2, 0) is 22.2 Å². The number of nitrogens with zero attached hydrogens (tertiary/aromatic N) is 2. The largest absolute Gasteiger partial charge is 0.453 e. The van der Waals surface area contributed by atoms with Crippen molar-refractivity contribution in [2.75, 3.05) is 7.11 Å². The van der Waals surface area contributed by atoms with Crippen LogP contribution < -0.4 is 0 Å². The number of piperidine rings is 1. The minimum Gasteiger partial charge on any atom is -0.453 e. The van der Waals surface area contributed by atoms with Gasteiger partial charge in [-0.2, -0.15) is 13.2 Å². The van der Waals surface area contributed by atoms with E-state index >= 15 is 0 Å². The minimum absolute atomic E-state index is 0.105. The zero-order valence-corrected chi connectivity index (χ0v) is 22.4. The predicted molar refractivity (Wildman–Crippen MR) is 133 cm³/mol. The van der Waals surface area contributed by atoms with Crippen molar-refractivity contribution in [3.63, 3.8) is 0 Å². The number of rotatable bonds is 7. The maximum absolute atomic E-state index is 13.4. The van der Waals surface area contributed by atoms with Crippen LogP contribution in [0, 0.1) is 11.8 Å². The van der Waals surface area contributed by atoms with E-state index < -0.39 is 42.1 Å². The number of carbonyl (C=O) groups excluding carboxylic acids is 2. The van der Waals surface area contributed by atoms with E-state index in [1.54, 1.807) is 25.7 Å². The van der Waals surface area contributed by atoms with Crippen molar-refractivity contribution in [2.45, 2.75) is 96.4 Å². The fraction of sp³-hybridized carbons (Fsp3) is 0.615. The highest BCUT2D eigenvalue weighted by atomic mass is 35.5. The van der Waals surface area contributed by atoms with Gasteiger partial charge in [-0.3, -0.25) is 0 Å².